The van der Waals surface area contributed by atoms with Crippen LogP contribution in [0, 0.1) is 5.92 Å². The molecule has 1 radical (unpaired) electrons. The molecule has 0 amide bonds. The number of carbonyl (C=O) groups excluding carboxylic acids is 2. The minimum absolute atomic E-state index is 0. The maximum Gasteiger partial charge on any atom is 0.129 e. The Balaban J connectivity index is 0. The van der Waals surface area contributed by atoms with E-state index < -0.39 is 5.92 Å². The van der Waals surface area contributed by atoms with Gasteiger partial charge in [-0.25, -0.2) is 0 Å². The largest absolute Gasteiger partial charge is 0.303 e. The molecule has 3 heteroatoms. The molecule has 0 saturated carbocycles. The standard InChI is InChI=1S/C4H6O2.Na/c1-4(2-5)3-6;/h2-4H,1H3;. The fraction of sp³-hybridized carbons (Fsp3) is 0.500. The van der Waals surface area contributed by atoms with Crippen LogP contribution in [0.3, 0.4) is 0 Å². The van der Waals surface area contributed by atoms with Crippen molar-refractivity contribution in [1.82, 2.24) is 0 Å². The van der Waals surface area contributed by atoms with Crippen molar-refractivity contribution < 1.29 is 9.59 Å². The summed E-state index contributed by atoms with van der Waals surface area (Å²) in [6, 6.07) is 0. The summed E-state index contributed by atoms with van der Waals surface area (Å²) < 4.78 is 0. The van der Waals surface area contributed by atoms with Crippen LogP contribution < -0.4 is 0 Å². The minimum atomic E-state index is -0.426. The summed E-state index contributed by atoms with van der Waals surface area (Å²) in [5.74, 6) is -0.426. The molecule has 0 saturated heterocycles. The molecular formula is C4H6NaO2. The Morgan fingerprint density at radius 1 is 1.29 bits per heavy atom. The van der Waals surface area contributed by atoms with Crippen molar-refractivity contribution in [3.05, 3.63) is 0 Å². The van der Waals surface area contributed by atoms with Crippen LogP contribution in [-0.4, -0.2) is 42.1 Å². The van der Waals surface area contributed by atoms with Crippen molar-refractivity contribution in [3.8, 4) is 0 Å². The van der Waals surface area contributed by atoms with E-state index in [4.69, 9.17) is 0 Å². The Kier molecular flexibility index (Phi) is 9.37. The smallest absolute Gasteiger partial charge is 0.129 e. The second-order valence-corrected chi connectivity index (χ2v) is 1.13. The van der Waals surface area contributed by atoms with Gasteiger partial charge in [-0.05, 0) is 6.92 Å². The molecule has 35 valence electrons. The zero-order chi connectivity index (χ0) is 4.99. The molecule has 0 aromatic carbocycles. The molecule has 7 heavy (non-hydrogen) atoms. The number of hydrogen-bond acceptors (Lipinski definition) is 2. The van der Waals surface area contributed by atoms with Crippen LogP contribution in [-0.2, 0) is 9.59 Å². The summed E-state index contributed by atoms with van der Waals surface area (Å²) in [6.45, 7) is 1.54. The maximum absolute atomic E-state index is 9.50. The van der Waals surface area contributed by atoms with Gasteiger partial charge >= 0.3 is 0 Å². The third kappa shape index (κ3) is 6.34. The van der Waals surface area contributed by atoms with E-state index in [1.54, 1.807) is 6.92 Å². The first-order chi connectivity index (χ1) is 2.81. The van der Waals surface area contributed by atoms with E-state index in [1.165, 1.54) is 0 Å². The van der Waals surface area contributed by atoms with Gasteiger partial charge in [-0.1, -0.05) is 0 Å². The minimum Gasteiger partial charge on any atom is -0.303 e. The fourth-order valence-corrected chi connectivity index (χ4v) is 0.0321. The Morgan fingerprint density at radius 3 is 1.57 bits per heavy atom. The number of rotatable bonds is 2. The van der Waals surface area contributed by atoms with Crippen molar-refractivity contribution in [3.63, 3.8) is 0 Å². The molecule has 0 aromatic heterocycles. The number of aldehydes is 2. The first-order valence-electron chi connectivity index (χ1n) is 1.72. The Labute approximate surface area is 64.6 Å². The van der Waals surface area contributed by atoms with Gasteiger partial charge in [0.25, 0.3) is 0 Å². The molecule has 0 spiro atoms. The second kappa shape index (κ2) is 6.34. The molecule has 0 aliphatic heterocycles. The third-order valence-corrected chi connectivity index (χ3v) is 0.429. The van der Waals surface area contributed by atoms with Crippen molar-refractivity contribution >= 4 is 42.1 Å². The van der Waals surface area contributed by atoms with Gasteiger partial charge < -0.3 is 9.59 Å². The SMILES string of the molecule is CC(C=O)C=O.[Na]. The topological polar surface area (TPSA) is 34.1 Å². The molecular weight excluding hydrogens is 103 g/mol. The fourth-order valence-electron chi connectivity index (χ4n) is 0.0321. The summed E-state index contributed by atoms with van der Waals surface area (Å²) in [6.07, 6.45) is 1.21. The van der Waals surface area contributed by atoms with Gasteiger partial charge in [0.2, 0.25) is 0 Å². The average Bonchev–Trinajstić information content (AvgIpc) is 1.65. The predicted octanol–water partition coefficient (Wildman–Crippen LogP) is -0.361. The van der Waals surface area contributed by atoms with Crippen LogP contribution in [0.15, 0.2) is 0 Å². The number of hydrogen-bond donors (Lipinski definition) is 0. The Bertz CT molecular complexity index is 54.7. The van der Waals surface area contributed by atoms with E-state index in [2.05, 4.69) is 0 Å². The first-order valence-corrected chi connectivity index (χ1v) is 1.72. The molecule has 0 atom stereocenters. The molecule has 0 aliphatic rings. The summed E-state index contributed by atoms with van der Waals surface area (Å²) in [4.78, 5) is 19.0. The van der Waals surface area contributed by atoms with Gasteiger partial charge in [0.05, 0.1) is 5.92 Å². The van der Waals surface area contributed by atoms with E-state index in [9.17, 15) is 9.59 Å². The first kappa shape index (κ1) is 10.3. The van der Waals surface area contributed by atoms with Gasteiger partial charge in [-0.15, -0.1) is 0 Å². The van der Waals surface area contributed by atoms with Crippen LogP contribution in [0.5, 0.6) is 0 Å². The number of carbonyl (C=O) groups is 2. The van der Waals surface area contributed by atoms with Crippen molar-refractivity contribution in [2.24, 2.45) is 5.92 Å². The predicted molar refractivity (Wildman–Crippen MR) is 27.0 cm³/mol. The quantitative estimate of drug-likeness (QED) is 0.275. The summed E-state index contributed by atoms with van der Waals surface area (Å²) >= 11 is 0. The zero-order valence-corrected chi connectivity index (χ0v) is 6.55. The van der Waals surface area contributed by atoms with E-state index in [0.717, 1.165) is 0 Å². The van der Waals surface area contributed by atoms with Gasteiger partial charge in [-0.3, -0.25) is 0 Å². The van der Waals surface area contributed by atoms with Crippen molar-refractivity contribution in [2.75, 3.05) is 0 Å². The Morgan fingerprint density at radius 2 is 1.57 bits per heavy atom. The second-order valence-electron chi connectivity index (χ2n) is 1.13. The van der Waals surface area contributed by atoms with E-state index in [1.807, 2.05) is 0 Å². The van der Waals surface area contributed by atoms with Crippen molar-refractivity contribution in [1.29, 1.82) is 0 Å². The van der Waals surface area contributed by atoms with Gasteiger partial charge in [0, 0.05) is 29.6 Å². The molecule has 2 nitrogen and oxygen atoms in total. The monoisotopic (exact) mass is 109 g/mol. The molecule has 0 fully saturated rings. The molecule has 0 heterocycles. The van der Waals surface area contributed by atoms with E-state index >= 15 is 0 Å². The van der Waals surface area contributed by atoms with E-state index in [-0.39, 0.29) is 29.6 Å². The van der Waals surface area contributed by atoms with Gasteiger partial charge in [0.15, 0.2) is 0 Å². The average molecular weight is 109 g/mol. The molecule has 0 bridgehead atoms. The summed E-state index contributed by atoms with van der Waals surface area (Å²) in [5.41, 5.74) is 0. The normalized spacial score (nSPS) is 7.14. The summed E-state index contributed by atoms with van der Waals surface area (Å²) in [7, 11) is 0. The van der Waals surface area contributed by atoms with Crippen molar-refractivity contribution in [2.45, 2.75) is 6.92 Å². The summed E-state index contributed by atoms with van der Waals surface area (Å²) in [5, 5.41) is 0. The molecule has 0 rings (SSSR count). The van der Waals surface area contributed by atoms with Gasteiger partial charge in [0.1, 0.15) is 12.6 Å². The van der Waals surface area contributed by atoms with Crippen LogP contribution in [0.2, 0.25) is 0 Å². The Hall–Kier alpha value is 0.340. The maximum atomic E-state index is 9.50. The van der Waals surface area contributed by atoms with Crippen LogP contribution in [0.4, 0.5) is 0 Å². The molecule has 0 aromatic rings. The van der Waals surface area contributed by atoms with E-state index in [0.29, 0.717) is 12.6 Å². The molecule has 0 N–H and O–H groups in total. The molecule has 0 unspecified atom stereocenters. The zero-order valence-electron chi connectivity index (χ0n) is 4.55. The van der Waals surface area contributed by atoms with Crippen LogP contribution in [0.25, 0.3) is 0 Å². The van der Waals surface area contributed by atoms with Crippen LogP contribution in [0.1, 0.15) is 6.92 Å². The van der Waals surface area contributed by atoms with Gasteiger partial charge in [-0.2, -0.15) is 0 Å². The molecule has 0 aliphatic carbocycles. The third-order valence-electron chi connectivity index (χ3n) is 0.429. The van der Waals surface area contributed by atoms with Crippen LogP contribution >= 0.6 is 0 Å².